The van der Waals surface area contributed by atoms with E-state index in [4.69, 9.17) is 4.74 Å². The standard InChI is InChI=1S/C13H19NOS/c1-2-14-13(10-16-12-8-15-9-12)11-6-4-3-5-7-11/h3-7,12-14H,2,8-10H2,1H3. The van der Waals surface area contributed by atoms with Gasteiger partial charge in [-0.05, 0) is 12.1 Å². The number of thioether (sulfide) groups is 1. The third-order valence-corrected chi connectivity index (χ3v) is 4.03. The molecule has 1 atom stereocenters. The molecule has 1 aromatic carbocycles. The lowest BCUT2D eigenvalue weighted by atomic mass is 10.1. The van der Waals surface area contributed by atoms with Gasteiger partial charge in [-0.25, -0.2) is 0 Å². The summed E-state index contributed by atoms with van der Waals surface area (Å²) in [5.74, 6) is 1.13. The number of ether oxygens (including phenoxy) is 1. The second kappa shape index (κ2) is 6.28. The molecule has 2 rings (SSSR count). The highest BCUT2D eigenvalue weighted by Crippen LogP contribution is 2.25. The van der Waals surface area contributed by atoms with E-state index in [-0.39, 0.29) is 0 Å². The van der Waals surface area contributed by atoms with E-state index in [2.05, 4.69) is 42.6 Å². The maximum Gasteiger partial charge on any atom is 0.0607 e. The molecule has 88 valence electrons. The molecule has 1 saturated heterocycles. The van der Waals surface area contributed by atoms with E-state index in [1.165, 1.54) is 5.56 Å². The summed E-state index contributed by atoms with van der Waals surface area (Å²) >= 11 is 2.02. The first kappa shape index (κ1) is 12.0. The Kier molecular flexibility index (Phi) is 4.69. The topological polar surface area (TPSA) is 21.3 Å². The van der Waals surface area contributed by atoms with Crippen molar-refractivity contribution in [1.29, 1.82) is 0 Å². The highest BCUT2D eigenvalue weighted by Gasteiger charge is 2.20. The maximum atomic E-state index is 5.19. The van der Waals surface area contributed by atoms with Crippen LogP contribution in [-0.4, -0.2) is 30.8 Å². The minimum absolute atomic E-state index is 0.469. The van der Waals surface area contributed by atoms with Gasteiger partial charge in [0.1, 0.15) is 0 Å². The molecule has 1 unspecified atom stereocenters. The van der Waals surface area contributed by atoms with Crippen molar-refractivity contribution < 1.29 is 4.74 Å². The second-order valence-corrected chi connectivity index (χ2v) is 5.35. The minimum atomic E-state index is 0.469. The summed E-state index contributed by atoms with van der Waals surface area (Å²) in [6.45, 7) is 5.03. The van der Waals surface area contributed by atoms with Crippen molar-refractivity contribution in [3.63, 3.8) is 0 Å². The lowest BCUT2D eigenvalue weighted by Gasteiger charge is -2.27. The fourth-order valence-corrected chi connectivity index (χ4v) is 2.91. The van der Waals surface area contributed by atoms with Crippen LogP contribution in [0.4, 0.5) is 0 Å². The van der Waals surface area contributed by atoms with Crippen LogP contribution in [0.25, 0.3) is 0 Å². The molecule has 1 fully saturated rings. The zero-order valence-electron chi connectivity index (χ0n) is 9.69. The predicted molar refractivity (Wildman–Crippen MR) is 69.9 cm³/mol. The number of hydrogen-bond acceptors (Lipinski definition) is 3. The largest absolute Gasteiger partial charge is 0.379 e. The van der Waals surface area contributed by atoms with Crippen molar-refractivity contribution in [3.05, 3.63) is 35.9 Å². The first-order valence-corrected chi connectivity index (χ1v) is 6.92. The van der Waals surface area contributed by atoms with Gasteiger partial charge in [0.05, 0.1) is 18.5 Å². The summed E-state index contributed by atoms with van der Waals surface area (Å²) in [6, 6.07) is 11.2. The molecule has 1 aromatic rings. The zero-order valence-corrected chi connectivity index (χ0v) is 10.5. The number of benzene rings is 1. The van der Waals surface area contributed by atoms with Crippen LogP contribution in [0.1, 0.15) is 18.5 Å². The molecule has 2 nitrogen and oxygen atoms in total. The smallest absolute Gasteiger partial charge is 0.0607 e. The summed E-state index contributed by atoms with van der Waals surface area (Å²) in [7, 11) is 0. The molecular weight excluding hydrogens is 218 g/mol. The summed E-state index contributed by atoms with van der Waals surface area (Å²) in [6.07, 6.45) is 0. The first-order valence-electron chi connectivity index (χ1n) is 5.88. The average molecular weight is 237 g/mol. The van der Waals surface area contributed by atoms with Crippen LogP contribution in [0.3, 0.4) is 0 Å². The van der Waals surface area contributed by atoms with Crippen molar-refractivity contribution in [1.82, 2.24) is 5.32 Å². The van der Waals surface area contributed by atoms with Gasteiger partial charge < -0.3 is 10.1 Å². The van der Waals surface area contributed by atoms with Gasteiger partial charge in [0.15, 0.2) is 0 Å². The molecule has 0 saturated carbocycles. The molecule has 1 aliphatic heterocycles. The summed E-state index contributed by atoms with van der Waals surface area (Å²) in [4.78, 5) is 0. The molecule has 16 heavy (non-hydrogen) atoms. The van der Waals surface area contributed by atoms with Crippen molar-refractivity contribution in [2.24, 2.45) is 0 Å². The molecule has 1 aliphatic rings. The minimum Gasteiger partial charge on any atom is -0.379 e. The van der Waals surface area contributed by atoms with E-state index in [1.54, 1.807) is 0 Å². The van der Waals surface area contributed by atoms with Gasteiger partial charge in [-0.2, -0.15) is 11.8 Å². The van der Waals surface area contributed by atoms with Crippen molar-refractivity contribution in [2.45, 2.75) is 18.2 Å². The first-order chi connectivity index (χ1) is 7.90. The molecule has 3 heteroatoms. The number of rotatable bonds is 6. The highest BCUT2D eigenvalue weighted by atomic mass is 32.2. The summed E-state index contributed by atoms with van der Waals surface area (Å²) < 4.78 is 5.19. The van der Waals surface area contributed by atoms with Crippen LogP contribution < -0.4 is 5.32 Å². The van der Waals surface area contributed by atoms with E-state index >= 15 is 0 Å². The van der Waals surface area contributed by atoms with Gasteiger partial charge in [-0.1, -0.05) is 37.3 Å². The normalized spacial score (nSPS) is 18.1. The Bertz CT molecular complexity index is 300. The van der Waals surface area contributed by atoms with E-state index in [1.807, 2.05) is 11.8 Å². The highest BCUT2D eigenvalue weighted by molar-refractivity contribution is 8.00. The van der Waals surface area contributed by atoms with Gasteiger partial charge >= 0.3 is 0 Å². The van der Waals surface area contributed by atoms with Crippen molar-refractivity contribution in [3.8, 4) is 0 Å². The molecule has 0 spiro atoms. The predicted octanol–water partition coefficient (Wildman–Crippen LogP) is 2.47. The fourth-order valence-electron chi connectivity index (χ4n) is 1.75. The van der Waals surface area contributed by atoms with Gasteiger partial charge in [0.25, 0.3) is 0 Å². The van der Waals surface area contributed by atoms with Gasteiger partial charge in [-0.15, -0.1) is 0 Å². The number of hydrogen-bond donors (Lipinski definition) is 1. The molecule has 0 bridgehead atoms. The second-order valence-electron chi connectivity index (χ2n) is 4.01. The van der Waals surface area contributed by atoms with Crippen molar-refractivity contribution in [2.75, 3.05) is 25.5 Å². The van der Waals surface area contributed by atoms with Crippen LogP contribution in [0.5, 0.6) is 0 Å². The van der Waals surface area contributed by atoms with Crippen LogP contribution in [0.15, 0.2) is 30.3 Å². The third-order valence-electron chi connectivity index (χ3n) is 2.76. The van der Waals surface area contributed by atoms with E-state index < -0.39 is 0 Å². The lowest BCUT2D eigenvalue weighted by Crippen LogP contribution is -2.32. The van der Waals surface area contributed by atoms with Gasteiger partial charge in [0, 0.05) is 11.8 Å². The van der Waals surface area contributed by atoms with E-state index in [0.717, 1.165) is 25.5 Å². The Morgan fingerprint density at radius 2 is 2.12 bits per heavy atom. The van der Waals surface area contributed by atoms with E-state index in [0.29, 0.717) is 11.3 Å². The van der Waals surface area contributed by atoms with Gasteiger partial charge in [0.2, 0.25) is 0 Å². The Morgan fingerprint density at radius 3 is 2.69 bits per heavy atom. The molecule has 1 N–H and O–H groups in total. The zero-order chi connectivity index (χ0) is 11.2. The van der Waals surface area contributed by atoms with Crippen LogP contribution in [-0.2, 0) is 4.74 Å². The number of nitrogens with one attached hydrogen (secondary N) is 1. The monoisotopic (exact) mass is 237 g/mol. The average Bonchev–Trinajstić information content (AvgIpc) is 2.27. The molecule has 1 heterocycles. The molecule has 0 amide bonds. The molecular formula is C13H19NOS. The third kappa shape index (κ3) is 3.24. The summed E-state index contributed by atoms with van der Waals surface area (Å²) in [5.41, 5.74) is 1.39. The fraction of sp³-hybridized carbons (Fsp3) is 0.538. The Hall–Kier alpha value is -0.510. The quantitative estimate of drug-likeness (QED) is 0.821. The van der Waals surface area contributed by atoms with Crippen LogP contribution in [0.2, 0.25) is 0 Å². The SMILES string of the molecule is CCNC(CSC1COC1)c1ccccc1. The van der Waals surface area contributed by atoms with Crippen LogP contribution >= 0.6 is 11.8 Å². The van der Waals surface area contributed by atoms with Gasteiger partial charge in [-0.3, -0.25) is 0 Å². The Morgan fingerprint density at radius 1 is 1.38 bits per heavy atom. The Balaban J connectivity index is 1.88. The molecule has 0 aromatic heterocycles. The van der Waals surface area contributed by atoms with Crippen LogP contribution in [0, 0.1) is 0 Å². The molecule has 0 radical (unpaired) electrons. The molecule has 0 aliphatic carbocycles. The Labute approximate surface area is 102 Å². The lowest BCUT2D eigenvalue weighted by molar-refractivity contribution is 0.0455. The van der Waals surface area contributed by atoms with Crippen molar-refractivity contribution >= 4 is 11.8 Å². The maximum absolute atomic E-state index is 5.19. The summed E-state index contributed by atoms with van der Waals surface area (Å²) in [5, 5.41) is 4.25. The van der Waals surface area contributed by atoms with E-state index in [9.17, 15) is 0 Å².